The number of carbonyl (C=O) groups excluding carboxylic acids is 2. The number of ether oxygens (including phenoxy) is 1. The van der Waals surface area contributed by atoms with Crippen molar-refractivity contribution in [1.82, 2.24) is 15.1 Å². The summed E-state index contributed by atoms with van der Waals surface area (Å²) in [6.07, 6.45) is -0.300. The van der Waals surface area contributed by atoms with Crippen molar-refractivity contribution in [3.8, 4) is 0 Å². The summed E-state index contributed by atoms with van der Waals surface area (Å²) in [7, 11) is 0. The van der Waals surface area contributed by atoms with E-state index in [1.54, 1.807) is 28.1 Å². The molecule has 1 aromatic rings. The van der Waals surface area contributed by atoms with Crippen molar-refractivity contribution in [3.05, 3.63) is 22.4 Å². The molecule has 110 valence electrons. The molecule has 1 aliphatic rings. The molecule has 2 heterocycles. The van der Waals surface area contributed by atoms with Gasteiger partial charge < -0.3 is 19.9 Å². The molecule has 7 heteroatoms. The first kappa shape index (κ1) is 14.6. The van der Waals surface area contributed by atoms with Gasteiger partial charge in [-0.2, -0.15) is 0 Å². The summed E-state index contributed by atoms with van der Waals surface area (Å²) in [5.41, 5.74) is 0. The molecule has 0 unspecified atom stereocenters. The van der Waals surface area contributed by atoms with Crippen LogP contribution in [0, 0.1) is 0 Å². The van der Waals surface area contributed by atoms with Gasteiger partial charge in [-0.3, -0.25) is 0 Å². The number of thiophene rings is 1. The normalized spacial score (nSPS) is 15.1. The molecule has 6 nitrogen and oxygen atoms in total. The van der Waals surface area contributed by atoms with Crippen LogP contribution in [0.4, 0.5) is 9.59 Å². The van der Waals surface area contributed by atoms with Gasteiger partial charge in [0.1, 0.15) is 0 Å². The van der Waals surface area contributed by atoms with E-state index in [0.29, 0.717) is 39.3 Å². The maximum Gasteiger partial charge on any atom is 0.409 e. The minimum Gasteiger partial charge on any atom is -0.450 e. The highest BCUT2D eigenvalue weighted by atomic mass is 32.1. The summed E-state index contributed by atoms with van der Waals surface area (Å²) >= 11 is 1.62. The van der Waals surface area contributed by atoms with Crippen molar-refractivity contribution in [1.29, 1.82) is 0 Å². The Morgan fingerprint density at radius 3 is 2.60 bits per heavy atom. The minimum absolute atomic E-state index is 0.0816. The quantitative estimate of drug-likeness (QED) is 0.924. The van der Waals surface area contributed by atoms with E-state index in [1.807, 2.05) is 17.5 Å². The van der Waals surface area contributed by atoms with E-state index in [0.717, 1.165) is 4.88 Å². The predicted octanol–water partition coefficient (Wildman–Crippen LogP) is 1.73. The lowest BCUT2D eigenvalue weighted by molar-refractivity contribution is 0.0851. The molecule has 1 N–H and O–H groups in total. The molecule has 0 saturated carbocycles. The van der Waals surface area contributed by atoms with Gasteiger partial charge in [-0.15, -0.1) is 11.3 Å². The minimum atomic E-state index is -0.300. The van der Waals surface area contributed by atoms with Crippen molar-refractivity contribution in [3.63, 3.8) is 0 Å². The first-order chi connectivity index (χ1) is 9.70. The highest BCUT2D eigenvalue weighted by Gasteiger charge is 2.24. The van der Waals surface area contributed by atoms with E-state index in [1.165, 1.54) is 0 Å². The summed E-state index contributed by atoms with van der Waals surface area (Å²) in [4.78, 5) is 28.0. The van der Waals surface area contributed by atoms with Gasteiger partial charge in [0, 0.05) is 31.1 Å². The second-order valence-corrected chi connectivity index (χ2v) is 5.44. The Morgan fingerprint density at radius 1 is 1.30 bits per heavy atom. The zero-order valence-electron chi connectivity index (χ0n) is 11.5. The Morgan fingerprint density at radius 2 is 2.00 bits per heavy atom. The van der Waals surface area contributed by atoms with Crippen molar-refractivity contribution >= 4 is 23.5 Å². The molecule has 0 aliphatic carbocycles. The molecule has 2 rings (SSSR count). The summed E-state index contributed by atoms with van der Waals surface area (Å²) in [6, 6.07) is 3.87. The lowest BCUT2D eigenvalue weighted by Crippen LogP contribution is -2.53. The standard InChI is InChI=1S/C13H19N3O3S/c1-2-19-13(18)16-7-5-15(6-8-16)12(17)14-10-11-4-3-9-20-11/h3-4,9H,2,5-8,10H2,1H3,(H,14,17). The number of amides is 3. The summed E-state index contributed by atoms with van der Waals surface area (Å²) in [5, 5.41) is 4.87. The first-order valence-corrected chi connectivity index (χ1v) is 7.55. The Kier molecular flexibility index (Phi) is 5.23. The number of nitrogens with one attached hydrogen (secondary N) is 1. The van der Waals surface area contributed by atoms with Gasteiger partial charge >= 0.3 is 12.1 Å². The fraction of sp³-hybridized carbons (Fsp3) is 0.538. The van der Waals surface area contributed by atoms with Crippen LogP contribution in [0.1, 0.15) is 11.8 Å². The Bertz CT molecular complexity index is 442. The van der Waals surface area contributed by atoms with E-state index < -0.39 is 0 Å². The molecular weight excluding hydrogens is 278 g/mol. The van der Waals surface area contributed by atoms with E-state index >= 15 is 0 Å². The third-order valence-corrected chi connectivity index (χ3v) is 3.96. The molecule has 3 amide bonds. The molecule has 0 radical (unpaired) electrons. The first-order valence-electron chi connectivity index (χ1n) is 6.67. The van der Waals surface area contributed by atoms with E-state index in [9.17, 15) is 9.59 Å². The van der Waals surface area contributed by atoms with Crippen molar-refractivity contribution in [2.24, 2.45) is 0 Å². The maximum atomic E-state index is 12.0. The third-order valence-electron chi connectivity index (χ3n) is 3.09. The number of carbonyl (C=O) groups is 2. The molecule has 20 heavy (non-hydrogen) atoms. The molecule has 0 bridgehead atoms. The summed E-state index contributed by atoms with van der Waals surface area (Å²) in [5.74, 6) is 0. The van der Waals surface area contributed by atoms with Gasteiger partial charge in [-0.25, -0.2) is 9.59 Å². The van der Waals surface area contributed by atoms with Crippen molar-refractivity contribution < 1.29 is 14.3 Å². The average molecular weight is 297 g/mol. The van der Waals surface area contributed by atoms with Gasteiger partial charge in [0.2, 0.25) is 0 Å². The van der Waals surface area contributed by atoms with Gasteiger partial charge in [0.15, 0.2) is 0 Å². The number of piperazine rings is 1. The van der Waals surface area contributed by atoms with Gasteiger partial charge in [0.25, 0.3) is 0 Å². The van der Waals surface area contributed by atoms with Gasteiger partial charge in [-0.05, 0) is 18.4 Å². The van der Waals surface area contributed by atoms with E-state index in [2.05, 4.69) is 5.32 Å². The molecule has 1 saturated heterocycles. The van der Waals surface area contributed by atoms with E-state index in [-0.39, 0.29) is 12.1 Å². The molecule has 1 aliphatic heterocycles. The van der Waals surface area contributed by atoms with Crippen LogP contribution in [0.2, 0.25) is 0 Å². The molecular formula is C13H19N3O3S. The van der Waals surface area contributed by atoms with E-state index in [4.69, 9.17) is 4.74 Å². The lowest BCUT2D eigenvalue weighted by atomic mass is 10.3. The average Bonchev–Trinajstić information content (AvgIpc) is 2.98. The fourth-order valence-corrected chi connectivity index (χ4v) is 2.64. The number of rotatable bonds is 3. The third kappa shape index (κ3) is 3.86. The Balaban J connectivity index is 1.73. The van der Waals surface area contributed by atoms with Crippen LogP contribution >= 0.6 is 11.3 Å². The molecule has 1 fully saturated rings. The zero-order chi connectivity index (χ0) is 14.4. The molecule has 0 aromatic carbocycles. The number of hydrogen-bond acceptors (Lipinski definition) is 4. The zero-order valence-corrected chi connectivity index (χ0v) is 12.3. The molecule has 1 aromatic heterocycles. The number of urea groups is 1. The van der Waals surface area contributed by atoms with Crippen LogP contribution in [0.3, 0.4) is 0 Å². The second-order valence-electron chi connectivity index (χ2n) is 4.41. The molecule has 0 spiro atoms. The highest BCUT2D eigenvalue weighted by molar-refractivity contribution is 7.09. The van der Waals surface area contributed by atoms with Gasteiger partial charge in [-0.1, -0.05) is 6.07 Å². The van der Waals surface area contributed by atoms with Crippen molar-refractivity contribution in [2.75, 3.05) is 32.8 Å². The number of hydrogen-bond donors (Lipinski definition) is 1. The van der Waals surface area contributed by atoms with Crippen LogP contribution in [0.15, 0.2) is 17.5 Å². The predicted molar refractivity (Wildman–Crippen MR) is 76.7 cm³/mol. The second kappa shape index (κ2) is 7.14. The van der Waals surface area contributed by atoms with Crippen LogP contribution in [-0.4, -0.2) is 54.7 Å². The van der Waals surface area contributed by atoms with Crippen LogP contribution in [0.5, 0.6) is 0 Å². The smallest absolute Gasteiger partial charge is 0.409 e. The van der Waals surface area contributed by atoms with Crippen molar-refractivity contribution in [2.45, 2.75) is 13.5 Å². The molecule has 0 atom stereocenters. The summed E-state index contributed by atoms with van der Waals surface area (Å²) in [6.45, 7) is 4.82. The fourth-order valence-electron chi connectivity index (χ4n) is 1.99. The monoisotopic (exact) mass is 297 g/mol. The Labute approximate surface area is 122 Å². The van der Waals surface area contributed by atoms with Crippen LogP contribution in [0.25, 0.3) is 0 Å². The maximum absolute atomic E-state index is 12.0. The topological polar surface area (TPSA) is 61.9 Å². The Hall–Kier alpha value is -1.76. The van der Waals surface area contributed by atoms with Gasteiger partial charge in [0.05, 0.1) is 13.2 Å². The van der Waals surface area contributed by atoms with Crippen LogP contribution in [-0.2, 0) is 11.3 Å². The summed E-state index contributed by atoms with van der Waals surface area (Å²) < 4.78 is 4.94. The SMILES string of the molecule is CCOC(=O)N1CCN(C(=O)NCc2cccs2)CC1. The largest absolute Gasteiger partial charge is 0.450 e. The number of nitrogens with zero attached hydrogens (tertiary/aromatic N) is 2. The lowest BCUT2D eigenvalue weighted by Gasteiger charge is -2.33. The van der Waals surface area contributed by atoms with Crippen LogP contribution < -0.4 is 5.32 Å². The highest BCUT2D eigenvalue weighted by Crippen LogP contribution is 2.08.